The topological polar surface area (TPSA) is 47.6 Å². The monoisotopic (exact) mass is 325 g/mol. The zero-order valence-electron chi connectivity index (χ0n) is 11.4. The van der Waals surface area contributed by atoms with Crippen LogP contribution in [-0.4, -0.2) is 20.1 Å². The molecule has 4 nitrogen and oxygen atoms in total. The molecule has 0 saturated carbocycles. The van der Waals surface area contributed by atoms with Gasteiger partial charge < -0.3 is 14.8 Å². The molecule has 0 heterocycles. The first-order valence-electron chi connectivity index (χ1n) is 6.02. The fraction of sp³-hybridized carbons (Fsp3) is 0.133. The van der Waals surface area contributed by atoms with Crippen molar-refractivity contribution in [1.29, 1.82) is 0 Å². The Bertz CT molecular complexity index is 631. The zero-order valence-corrected chi connectivity index (χ0v) is 13.0. The van der Waals surface area contributed by atoms with E-state index in [9.17, 15) is 4.79 Å². The number of hydrogen-bond acceptors (Lipinski definition) is 3. The fourth-order valence-electron chi connectivity index (χ4n) is 1.77. The molecule has 2 rings (SSSR count). The second-order valence-corrected chi connectivity index (χ2v) is 5.09. The molecule has 2 aromatic rings. The van der Waals surface area contributed by atoms with Gasteiger partial charge in [-0.15, -0.1) is 0 Å². The number of amides is 1. The fourth-order valence-corrected chi connectivity index (χ4v) is 2.29. The summed E-state index contributed by atoms with van der Waals surface area (Å²) in [5.74, 6) is 0.831. The predicted molar refractivity (Wildman–Crippen MR) is 84.0 cm³/mol. The van der Waals surface area contributed by atoms with Gasteiger partial charge >= 0.3 is 0 Å². The van der Waals surface area contributed by atoms with Crippen LogP contribution >= 0.6 is 23.2 Å². The van der Waals surface area contributed by atoms with E-state index < -0.39 is 0 Å². The van der Waals surface area contributed by atoms with Crippen molar-refractivity contribution in [2.45, 2.75) is 0 Å². The van der Waals surface area contributed by atoms with Crippen LogP contribution in [0.3, 0.4) is 0 Å². The SMILES string of the molecule is COc1cc(NC(=O)c2cc(Cl)cc(Cl)c2)cc(OC)c1. The van der Waals surface area contributed by atoms with Crippen LogP contribution in [0.1, 0.15) is 10.4 Å². The molecule has 0 aliphatic heterocycles. The number of benzene rings is 2. The van der Waals surface area contributed by atoms with Gasteiger partial charge in [0, 0.05) is 39.5 Å². The molecule has 0 unspecified atom stereocenters. The van der Waals surface area contributed by atoms with Crippen molar-refractivity contribution >= 4 is 34.8 Å². The molecular formula is C15H13Cl2NO3. The molecule has 0 bridgehead atoms. The maximum Gasteiger partial charge on any atom is 0.255 e. The van der Waals surface area contributed by atoms with Gasteiger partial charge in [0.15, 0.2) is 0 Å². The van der Waals surface area contributed by atoms with Gasteiger partial charge in [-0.1, -0.05) is 23.2 Å². The van der Waals surface area contributed by atoms with Gasteiger partial charge in [-0.3, -0.25) is 4.79 Å². The molecule has 21 heavy (non-hydrogen) atoms. The minimum absolute atomic E-state index is 0.324. The third-order valence-electron chi connectivity index (χ3n) is 2.73. The summed E-state index contributed by atoms with van der Waals surface area (Å²) in [5.41, 5.74) is 0.918. The molecule has 0 radical (unpaired) electrons. The summed E-state index contributed by atoms with van der Waals surface area (Å²) >= 11 is 11.8. The third-order valence-corrected chi connectivity index (χ3v) is 3.17. The number of carbonyl (C=O) groups excluding carboxylic acids is 1. The van der Waals surface area contributed by atoms with Crippen LogP contribution in [0.4, 0.5) is 5.69 Å². The number of anilines is 1. The highest BCUT2D eigenvalue weighted by molar-refractivity contribution is 6.35. The summed E-state index contributed by atoms with van der Waals surface area (Å²) < 4.78 is 10.3. The van der Waals surface area contributed by atoms with Gasteiger partial charge in [0.1, 0.15) is 11.5 Å². The zero-order chi connectivity index (χ0) is 15.4. The molecule has 1 amide bonds. The molecule has 1 N–H and O–H groups in total. The van der Waals surface area contributed by atoms with Crippen molar-refractivity contribution in [3.63, 3.8) is 0 Å². The molecule has 6 heteroatoms. The van der Waals surface area contributed by atoms with Crippen molar-refractivity contribution < 1.29 is 14.3 Å². The van der Waals surface area contributed by atoms with Gasteiger partial charge in [-0.05, 0) is 18.2 Å². The minimum atomic E-state index is -0.324. The molecule has 0 atom stereocenters. The van der Waals surface area contributed by atoms with Gasteiger partial charge in [0.2, 0.25) is 0 Å². The Balaban J connectivity index is 2.26. The quantitative estimate of drug-likeness (QED) is 0.913. The van der Waals surface area contributed by atoms with Crippen molar-refractivity contribution in [3.8, 4) is 11.5 Å². The number of halogens is 2. The van der Waals surface area contributed by atoms with Gasteiger partial charge in [0.25, 0.3) is 5.91 Å². The Kier molecular flexibility index (Phi) is 4.94. The first kappa shape index (κ1) is 15.5. The van der Waals surface area contributed by atoms with Crippen LogP contribution in [0.25, 0.3) is 0 Å². The van der Waals surface area contributed by atoms with Gasteiger partial charge in [-0.25, -0.2) is 0 Å². The molecule has 0 aliphatic carbocycles. The van der Waals surface area contributed by atoms with E-state index in [1.165, 1.54) is 14.2 Å². The molecule has 0 fully saturated rings. The van der Waals surface area contributed by atoms with Crippen molar-refractivity contribution in [3.05, 3.63) is 52.0 Å². The molecule has 0 aliphatic rings. The Morgan fingerprint density at radius 2 is 1.43 bits per heavy atom. The third kappa shape index (κ3) is 4.03. The van der Waals surface area contributed by atoms with E-state index in [2.05, 4.69) is 5.32 Å². The lowest BCUT2D eigenvalue weighted by molar-refractivity contribution is 0.102. The highest BCUT2D eigenvalue weighted by Crippen LogP contribution is 2.26. The molecular weight excluding hydrogens is 313 g/mol. The second-order valence-electron chi connectivity index (χ2n) is 4.21. The summed E-state index contributed by atoms with van der Waals surface area (Å²) in [5, 5.41) is 3.54. The first-order chi connectivity index (χ1) is 10.0. The summed E-state index contributed by atoms with van der Waals surface area (Å²) in [6, 6.07) is 9.74. The standard InChI is InChI=1S/C15H13Cl2NO3/c1-20-13-6-12(7-14(8-13)21-2)18-15(19)9-3-10(16)5-11(17)4-9/h3-8H,1-2H3,(H,18,19). The van der Waals surface area contributed by atoms with Crippen LogP contribution < -0.4 is 14.8 Å². The average molecular weight is 326 g/mol. The van der Waals surface area contributed by atoms with E-state index in [1.807, 2.05) is 0 Å². The van der Waals surface area contributed by atoms with Gasteiger partial charge in [0.05, 0.1) is 14.2 Å². The number of hydrogen-bond donors (Lipinski definition) is 1. The maximum atomic E-state index is 12.2. The minimum Gasteiger partial charge on any atom is -0.497 e. The van der Waals surface area contributed by atoms with Crippen LogP contribution in [0.15, 0.2) is 36.4 Å². The number of ether oxygens (including phenoxy) is 2. The first-order valence-corrected chi connectivity index (χ1v) is 6.78. The number of rotatable bonds is 4. The summed E-state index contributed by atoms with van der Waals surface area (Å²) in [7, 11) is 3.08. The Hall–Kier alpha value is -1.91. The average Bonchev–Trinajstić information content (AvgIpc) is 2.45. The van der Waals surface area contributed by atoms with Crippen molar-refractivity contribution in [2.24, 2.45) is 0 Å². The number of nitrogens with one attached hydrogen (secondary N) is 1. The van der Waals surface area contributed by atoms with E-state index in [-0.39, 0.29) is 5.91 Å². The van der Waals surface area contributed by atoms with E-state index in [0.717, 1.165) is 0 Å². The van der Waals surface area contributed by atoms with E-state index in [1.54, 1.807) is 36.4 Å². The normalized spacial score (nSPS) is 10.1. The summed E-state index contributed by atoms with van der Waals surface area (Å²) in [6.07, 6.45) is 0. The Labute approximate surface area is 132 Å². The molecule has 0 saturated heterocycles. The smallest absolute Gasteiger partial charge is 0.255 e. The Morgan fingerprint density at radius 1 is 0.905 bits per heavy atom. The van der Waals surface area contributed by atoms with Crippen molar-refractivity contribution in [1.82, 2.24) is 0 Å². The summed E-state index contributed by atoms with van der Waals surface area (Å²) in [6.45, 7) is 0. The predicted octanol–water partition coefficient (Wildman–Crippen LogP) is 4.26. The molecule has 110 valence electrons. The van der Waals surface area contributed by atoms with Crippen LogP contribution in [-0.2, 0) is 0 Å². The molecule has 0 aromatic heterocycles. The largest absolute Gasteiger partial charge is 0.497 e. The number of methoxy groups -OCH3 is 2. The van der Waals surface area contributed by atoms with Crippen molar-refractivity contribution in [2.75, 3.05) is 19.5 Å². The van der Waals surface area contributed by atoms with E-state index >= 15 is 0 Å². The molecule has 0 spiro atoms. The lowest BCUT2D eigenvalue weighted by Gasteiger charge is -2.10. The molecule has 2 aromatic carbocycles. The lowest BCUT2D eigenvalue weighted by atomic mass is 10.2. The maximum absolute atomic E-state index is 12.2. The summed E-state index contributed by atoms with van der Waals surface area (Å²) in [4.78, 5) is 12.2. The highest BCUT2D eigenvalue weighted by atomic mass is 35.5. The lowest BCUT2D eigenvalue weighted by Crippen LogP contribution is -2.12. The second kappa shape index (κ2) is 6.70. The Morgan fingerprint density at radius 3 is 1.90 bits per heavy atom. The van der Waals surface area contributed by atoms with E-state index in [4.69, 9.17) is 32.7 Å². The van der Waals surface area contributed by atoms with E-state index in [0.29, 0.717) is 32.8 Å². The van der Waals surface area contributed by atoms with Crippen LogP contribution in [0.5, 0.6) is 11.5 Å². The van der Waals surface area contributed by atoms with Gasteiger partial charge in [-0.2, -0.15) is 0 Å². The van der Waals surface area contributed by atoms with Crippen LogP contribution in [0, 0.1) is 0 Å². The van der Waals surface area contributed by atoms with Crippen LogP contribution in [0.2, 0.25) is 10.0 Å². The highest BCUT2D eigenvalue weighted by Gasteiger charge is 2.10. The number of carbonyl (C=O) groups is 1.